The standard InChI is InChI=1S/C19H16ClN3OS/c20-17-8-4-2-6-14(17)12-24-18-10-9-13-5-1-3-7-15(13)16(18)11-22-23-19(21)25/h1-11H,12H2,(H3,21,23,25)/b22-11-. The molecule has 0 heterocycles. The normalized spacial score (nSPS) is 10.9. The Morgan fingerprint density at radius 2 is 1.88 bits per heavy atom. The molecule has 3 aromatic rings. The number of thiocarbonyl (C=S) groups is 1. The van der Waals surface area contributed by atoms with Crippen LogP contribution in [0.25, 0.3) is 10.8 Å². The molecule has 3 N–H and O–H groups in total. The van der Waals surface area contributed by atoms with Gasteiger partial charge in [0.25, 0.3) is 0 Å². The van der Waals surface area contributed by atoms with E-state index < -0.39 is 0 Å². The van der Waals surface area contributed by atoms with Crippen LogP contribution in [0.15, 0.2) is 65.8 Å². The van der Waals surface area contributed by atoms with Crippen LogP contribution in [0, 0.1) is 0 Å². The lowest BCUT2D eigenvalue weighted by atomic mass is 10.0. The lowest BCUT2D eigenvalue weighted by Gasteiger charge is -2.12. The zero-order valence-corrected chi connectivity index (χ0v) is 14.8. The van der Waals surface area contributed by atoms with Crippen LogP contribution >= 0.6 is 23.8 Å². The van der Waals surface area contributed by atoms with Gasteiger partial charge in [0.15, 0.2) is 5.11 Å². The van der Waals surface area contributed by atoms with Gasteiger partial charge in [-0.2, -0.15) is 5.10 Å². The van der Waals surface area contributed by atoms with Crippen LogP contribution in [-0.4, -0.2) is 11.3 Å². The Kier molecular flexibility index (Phi) is 5.48. The van der Waals surface area contributed by atoms with Crippen molar-refractivity contribution in [1.82, 2.24) is 5.43 Å². The van der Waals surface area contributed by atoms with Gasteiger partial charge in [0.2, 0.25) is 0 Å². The quantitative estimate of drug-likeness (QED) is 0.401. The predicted octanol–water partition coefficient (Wildman–Crippen LogP) is 4.24. The molecule has 0 spiro atoms. The molecule has 3 aromatic carbocycles. The number of hydrogen-bond acceptors (Lipinski definition) is 3. The Morgan fingerprint density at radius 1 is 1.12 bits per heavy atom. The van der Waals surface area contributed by atoms with Crippen molar-refractivity contribution in [2.24, 2.45) is 10.8 Å². The summed E-state index contributed by atoms with van der Waals surface area (Å²) < 4.78 is 6.00. The molecule has 0 aliphatic carbocycles. The van der Waals surface area contributed by atoms with Crippen LogP contribution in [-0.2, 0) is 6.61 Å². The average molecular weight is 370 g/mol. The van der Waals surface area contributed by atoms with Gasteiger partial charge in [0.05, 0.1) is 6.21 Å². The number of benzene rings is 3. The summed E-state index contributed by atoms with van der Waals surface area (Å²) in [7, 11) is 0. The number of nitrogens with zero attached hydrogens (tertiary/aromatic N) is 1. The highest BCUT2D eigenvalue weighted by Gasteiger charge is 2.08. The fourth-order valence-electron chi connectivity index (χ4n) is 2.47. The van der Waals surface area contributed by atoms with Crippen LogP contribution in [0.4, 0.5) is 0 Å². The van der Waals surface area contributed by atoms with E-state index in [9.17, 15) is 0 Å². The van der Waals surface area contributed by atoms with Gasteiger partial charge in [-0.1, -0.05) is 60.1 Å². The van der Waals surface area contributed by atoms with Gasteiger partial charge in [0, 0.05) is 16.1 Å². The van der Waals surface area contributed by atoms with E-state index in [2.05, 4.69) is 10.5 Å². The lowest BCUT2D eigenvalue weighted by molar-refractivity contribution is 0.306. The van der Waals surface area contributed by atoms with Gasteiger partial charge in [-0.3, -0.25) is 5.43 Å². The number of rotatable bonds is 5. The van der Waals surface area contributed by atoms with Crippen LogP contribution in [0.5, 0.6) is 5.75 Å². The molecule has 0 aliphatic heterocycles. The summed E-state index contributed by atoms with van der Waals surface area (Å²) in [6.45, 7) is 0.363. The fourth-order valence-corrected chi connectivity index (χ4v) is 2.71. The second-order valence-corrected chi connectivity index (χ2v) is 6.16. The summed E-state index contributed by atoms with van der Waals surface area (Å²) in [6.07, 6.45) is 1.66. The maximum absolute atomic E-state index is 6.20. The Morgan fingerprint density at radius 3 is 2.68 bits per heavy atom. The maximum atomic E-state index is 6.20. The summed E-state index contributed by atoms with van der Waals surface area (Å²) in [5.74, 6) is 0.701. The minimum Gasteiger partial charge on any atom is -0.488 e. The highest BCUT2D eigenvalue weighted by Crippen LogP contribution is 2.28. The molecule has 0 fully saturated rings. The first-order valence-electron chi connectivity index (χ1n) is 7.61. The summed E-state index contributed by atoms with van der Waals surface area (Å²) in [4.78, 5) is 0. The number of hydrogen-bond donors (Lipinski definition) is 2. The van der Waals surface area contributed by atoms with E-state index in [1.54, 1.807) is 6.21 Å². The molecule has 25 heavy (non-hydrogen) atoms. The first-order chi connectivity index (χ1) is 12.1. The molecular weight excluding hydrogens is 354 g/mol. The van der Waals surface area contributed by atoms with E-state index in [0.29, 0.717) is 17.4 Å². The zero-order valence-electron chi connectivity index (χ0n) is 13.3. The smallest absolute Gasteiger partial charge is 0.184 e. The van der Waals surface area contributed by atoms with Crippen molar-refractivity contribution in [1.29, 1.82) is 0 Å². The molecule has 0 saturated heterocycles. The van der Waals surface area contributed by atoms with Crippen molar-refractivity contribution in [2.75, 3.05) is 0 Å². The molecule has 6 heteroatoms. The van der Waals surface area contributed by atoms with Crippen LogP contribution < -0.4 is 15.9 Å². The Bertz CT molecular complexity index is 943. The second-order valence-electron chi connectivity index (χ2n) is 5.31. The summed E-state index contributed by atoms with van der Waals surface area (Å²) in [5, 5.41) is 6.97. The third-order valence-corrected chi connectivity index (χ3v) is 4.10. The van der Waals surface area contributed by atoms with E-state index in [0.717, 1.165) is 21.9 Å². The molecule has 0 unspecified atom stereocenters. The number of nitrogens with two attached hydrogens (primary N) is 1. The fraction of sp³-hybridized carbons (Fsp3) is 0.0526. The Balaban J connectivity index is 1.94. The molecular formula is C19H16ClN3OS. The first-order valence-corrected chi connectivity index (χ1v) is 8.40. The van der Waals surface area contributed by atoms with E-state index in [1.807, 2.05) is 60.7 Å². The molecule has 0 aliphatic rings. The number of ether oxygens (including phenoxy) is 1. The Hall–Kier alpha value is -2.63. The van der Waals surface area contributed by atoms with Gasteiger partial charge < -0.3 is 10.5 Å². The van der Waals surface area contributed by atoms with Crippen molar-refractivity contribution in [3.05, 3.63) is 76.8 Å². The monoisotopic (exact) mass is 369 g/mol. The summed E-state index contributed by atoms with van der Waals surface area (Å²) in [6, 6.07) is 19.5. The Labute approximate surface area is 156 Å². The van der Waals surface area contributed by atoms with E-state index in [1.165, 1.54) is 0 Å². The third kappa shape index (κ3) is 4.26. The highest BCUT2D eigenvalue weighted by molar-refractivity contribution is 7.80. The lowest BCUT2D eigenvalue weighted by Crippen LogP contribution is -2.24. The number of fused-ring (bicyclic) bond motifs is 1. The number of halogens is 1. The maximum Gasteiger partial charge on any atom is 0.184 e. The van der Waals surface area contributed by atoms with Crippen LogP contribution in [0.3, 0.4) is 0 Å². The summed E-state index contributed by atoms with van der Waals surface area (Å²) >= 11 is 11.0. The summed E-state index contributed by atoms with van der Waals surface area (Å²) in [5.41, 5.74) is 9.75. The molecule has 0 atom stereocenters. The second kappa shape index (κ2) is 7.96. The van der Waals surface area contributed by atoms with Crippen LogP contribution in [0.1, 0.15) is 11.1 Å². The van der Waals surface area contributed by atoms with Gasteiger partial charge in [0.1, 0.15) is 12.4 Å². The predicted molar refractivity (Wildman–Crippen MR) is 107 cm³/mol. The molecule has 0 radical (unpaired) electrons. The average Bonchev–Trinajstić information content (AvgIpc) is 2.61. The third-order valence-electron chi connectivity index (χ3n) is 3.64. The van der Waals surface area contributed by atoms with Crippen molar-refractivity contribution in [3.8, 4) is 5.75 Å². The van der Waals surface area contributed by atoms with E-state index in [-0.39, 0.29) is 5.11 Å². The topological polar surface area (TPSA) is 59.6 Å². The van der Waals surface area contributed by atoms with Crippen molar-refractivity contribution in [2.45, 2.75) is 6.61 Å². The number of nitrogens with one attached hydrogen (secondary N) is 1. The molecule has 0 amide bonds. The van der Waals surface area contributed by atoms with E-state index >= 15 is 0 Å². The SMILES string of the molecule is NC(=S)N/N=C\c1c(OCc2ccccc2Cl)ccc2ccccc12. The van der Waals surface area contributed by atoms with Gasteiger partial charge in [-0.05, 0) is 35.1 Å². The zero-order chi connectivity index (χ0) is 17.6. The molecule has 126 valence electrons. The van der Waals surface area contributed by atoms with Crippen molar-refractivity contribution in [3.63, 3.8) is 0 Å². The largest absolute Gasteiger partial charge is 0.488 e. The van der Waals surface area contributed by atoms with Gasteiger partial charge >= 0.3 is 0 Å². The van der Waals surface area contributed by atoms with Crippen molar-refractivity contribution < 1.29 is 4.74 Å². The minimum atomic E-state index is 0.107. The molecule has 0 aromatic heterocycles. The van der Waals surface area contributed by atoms with E-state index in [4.69, 9.17) is 34.3 Å². The van der Waals surface area contributed by atoms with Gasteiger partial charge in [-0.25, -0.2) is 0 Å². The molecule has 0 saturated carbocycles. The minimum absolute atomic E-state index is 0.107. The van der Waals surface area contributed by atoms with Crippen LogP contribution in [0.2, 0.25) is 5.02 Å². The van der Waals surface area contributed by atoms with Gasteiger partial charge in [-0.15, -0.1) is 0 Å². The van der Waals surface area contributed by atoms with Crippen molar-refractivity contribution >= 4 is 45.9 Å². The molecule has 4 nitrogen and oxygen atoms in total. The number of hydrazone groups is 1. The molecule has 0 bridgehead atoms. The highest BCUT2D eigenvalue weighted by atomic mass is 35.5. The molecule has 3 rings (SSSR count). The first kappa shape index (κ1) is 17.2.